The van der Waals surface area contributed by atoms with Crippen molar-refractivity contribution in [3.63, 3.8) is 0 Å². The normalized spacial score (nSPS) is 13.4. The average molecular weight is 412 g/mol. The Labute approximate surface area is 171 Å². The van der Waals surface area contributed by atoms with E-state index in [2.05, 4.69) is 34.9 Å². The number of nitrogens with zero attached hydrogens (tertiary/aromatic N) is 2. The molecule has 0 unspecified atom stereocenters. The Morgan fingerprint density at radius 1 is 0.966 bits per heavy atom. The third-order valence-corrected chi connectivity index (χ3v) is 6.31. The van der Waals surface area contributed by atoms with Crippen molar-refractivity contribution in [3.8, 4) is 0 Å². The number of anilines is 1. The van der Waals surface area contributed by atoms with Gasteiger partial charge < -0.3 is 4.55 Å². The van der Waals surface area contributed by atoms with E-state index >= 15 is 0 Å². The highest BCUT2D eigenvalue weighted by Gasteiger charge is 2.27. The molecular weight excluding hydrogens is 386 g/mol. The summed E-state index contributed by atoms with van der Waals surface area (Å²) in [5.41, 5.74) is 4.29. The van der Waals surface area contributed by atoms with Crippen molar-refractivity contribution >= 4 is 38.1 Å². The average Bonchev–Trinajstić information content (AvgIpc) is 2.62. The largest absolute Gasteiger partial charge is 0.744 e. The van der Waals surface area contributed by atoms with Crippen LogP contribution >= 0.6 is 0 Å². The van der Waals surface area contributed by atoms with Gasteiger partial charge in [-0.15, -0.1) is 0 Å². The van der Waals surface area contributed by atoms with Gasteiger partial charge in [-0.1, -0.05) is 42.0 Å². The van der Waals surface area contributed by atoms with E-state index in [0.717, 1.165) is 17.1 Å². The minimum Gasteiger partial charge on any atom is -0.744 e. The molecule has 2 N–H and O–H groups in total. The van der Waals surface area contributed by atoms with Crippen LogP contribution in [0.1, 0.15) is 23.6 Å². The molecule has 0 radical (unpaired) electrons. The fourth-order valence-electron chi connectivity index (χ4n) is 3.85. The minimum atomic E-state index is -4.33. The van der Waals surface area contributed by atoms with Gasteiger partial charge >= 0.3 is 0 Å². The molecule has 6 nitrogen and oxygen atoms in total. The number of hydrogen-bond acceptors (Lipinski definition) is 5. The lowest BCUT2D eigenvalue weighted by molar-refractivity contribution is -0.405. The summed E-state index contributed by atoms with van der Waals surface area (Å²) in [6, 6.07) is 15.9. The van der Waals surface area contributed by atoms with Crippen LogP contribution in [0.2, 0.25) is 0 Å². The minimum absolute atomic E-state index is 0.0851. The number of benzene rings is 3. The molecule has 0 bridgehead atoms. The molecule has 0 saturated carbocycles. The van der Waals surface area contributed by atoms with Gasteiger partial charge in [-0.3, -0.25) is 0 Å². The molecule has 0 atom stereocenters. The van der Waals surface area contributed by atoms with E-state index in [4.69, 9.17) is 5.84 Å². The molecule has 152 valence electrons. The second kappa shape index (κ2) is 7.59. The fourth-order valence-corrected chi connectivity index (χ4v) is 4.76. The number of hydrazine groups is 1. The van der Waals surface area contributed by atoms with E-state index in [1.54, 1.807) is 31.0 Å². The Morgan fingerprint density at radius 2 is 1.52 bits per heavy atom. The smallest absolute Gasteiger partial charge is 0.272 e. The van der Waals surface area contributed by atoms with E-state index < -0.39 is 10.1 Å². The van der Waals surface area contributed by atoms with Crippen LogP contribution in [0.3, 0.4) is 0 Å². The Kier molecular flexibility index (Phi) is 5.49. The van der Waals surface area contributed by atoms with Crippen molar-refractivity contribution in [2.75, 3.05) is 12.1 Å². The Hall–Kier alpha value is -2.74. The summed E-state index contributed by atoms with van der Waals surface area (Å²) in [6.45, 7) is 7.14. The number of nitrogens with two attached hydrogens (primary N) is 1. The first-order chi connectivity index (χ1) is 13.5. The second-order valence-electron chi connectivity index (χ2n) is 7.31. The third-order valence-electron chi connectivity index (χ3n) is 5.17. The summed E-state index contributed by atoms with van der Waals surface area (Å²) < 4.78 is 34.6. The lowest BCUT2D eigenvalue weighted by atomic mass is 10.0. The highest BCUT2D eigenvalue weighted by Crippen LogP contribution is 2.36. The lowest BCUT2D eigenvalue weighted by Gasteiger charge is -2.21. The van der Waals surface area contributed by atoms with Gasteiger partial charge in [0.2, 0.25) is 0 Å². The molecule has 3 aromatic carbocycles. The van der Waals surface area contributed by atoms with Gasteiger partial charge in [-0.25, -0.2) is 13.0 Å². The van der Waals surface area contributed by atoms with Gasteiger partial charge in [0, 0.05) is 6.92 Å². The lowest BCUT2D eigenvalue weighted by Crippen LogP contribution is -2.41. The Morgan fingerprint density at radius 3 is 2.07 bits per heavy atom. The Balaban J connectivity index is 0.000000170. The predicted molar refractivity (Wildman–Crippen MR) is 116 cm³/mol. The number of hydrogen-bond donors (Lipinski definition) is 1. The molecule has 0 amide bonds. The molecular formula is C22H25N3O3S. The fraction of sp³-hybridized carbons (Fsp3) is 0.227. The summed E-state index contributed by atoms with van der Waals surface area (Å²) in [5.74, 6) is 7.13. The van der Waals surface area contributed by atoms with Crippen LogP contribution in [0.25, 0.3) is 10.8 Å². The summed E-state index contributed by atoms with van der Waals surface area (Å²) in [7, 11) is -2.29. The molecule has 7 heteroatoms. The first kappa shape index (κ1) is 21.0. The van der Waals surface area contributed by atoms with Crippen LogP contribution < -0.4 is 10.9 Å². The molecule has 0 spiro atoms. The van der Waals surface area contributed by atoms with Crippen molar-refractivity contribution in [3.05, 3.63) is 65.2 Å². The van der Waals surface area contributed by atoms with Gasteiger partial charge in [-0.2, -0.15) is 10.9 Å². The molecule has 29 heavy (non-hydrogen) atoms. The quantitative estimate of drug-likeness (QED) is 0.374. The zero-order valence-electron chi connectivity index (χ0n) is 17.2. The Bertz CT molecular complexity index is 1220. The predicted octanol–water partition coefficient (Wildman–Crippen LogP) is 3.74. The number of amidine groups is 1. The molecule has 1 aliphatic heterocycles. The van der Waals surface area contributed by atoms with Crippen molar-refractivity contribution in [2.45, 2.75) is 32.6 Å². The summed E-state index contributed by atoms with van der Waals surface area (Å²) >= 11 is 0. The van der Waals surface area contributed by atoms with E-state index in [-0.39, 0.29) is 4.90 Å². The molecule has 3 aromatic rings. The molecule has 0 fully saturated rings. The highest BCUT2D eigenvalue weighted by molar-refractivity contribution is 7.85. The standard InChI is InChI=1S/C13H14N3.C9H12O3S/c1-9-15(2)11-7-3-5-10-6-4-8-12(13(10)11)16(9)14;1-6-4-7(2)9(8(3)5-6)13(10,11)12/h3-8H,14H2,1-2H3;4-5H,1-3H3,(H,10,11,12)/q+1;/p-1. The summed E-state index contributed by atoms with van der Waals surface area (Å²) in [5, 5.41) is 4.19. The topological polar surface area (TPSA) is 89.5 Å². The van der Waals surface area contributed by atoms with Gasteiger partial charge in [-0.05, 0) is 49.4 Å². The van der Waals surface area contributed by atoms with Crippen molar-refractivity contribution in [1.29, 1.82) is 0 Å². The summed E-state index contributed by atoms with van der Waals surface area (Å²) in [4.78, 5) is -0.0851. The SMILES string of the molecule is CC1=[N+](C)c2cccc3cccc(c23)N1N.Cc1cc(C)c(S(=O)(=O)[O-])c(C)c1. The monoisotopic (exact) mass is 411 g/mol. The summed E-state index contributed by atoms with van der Waals surface area (Å²) in [6.07, 6.45) is 0. The van der Waals surface area contributed by atoms with Gasteiger partial charge in [0.15, 0.2) is 5.69 Å². The van der Waals surface area contributed by atoms with E-state index in [1.807, 2.05) is 27.0 Å². The molecule has 4 rings (SSSR count). The van der Waals surface area contributed by atoms with Crippen molar-refractivity contribution in [1.82, 2.24) is 0 Å². The van der Waals surface area contributed by atoms with Gasteiger partial charge in [0.1, 0.15) is 15.8 Å². The first-order valence-electron chi connectivity index (χ1n) is 9.20. The second-order valence-corrected chi connectivity index (χ2v) is 8.63. The van der Waals surface area contributed by atoms with Gasteiger partial charge in [0.05, 0.1) is 17.3 Å². The van der Waals surface area contributed by atoms with Crippen LogP contribution in [-0.2, 0) is 10.1 Å². The maximum Gasteiger partial charge on any atom is 0.272 e. The van der Waals surface area contributed by atoms with Crippen LogP contribution in [0, 0.1) is 20.8 Å². The van der Waals surface area contributed by atoms with E-state index in [0.29, 0.717) is 11.1 Å². The third kappa shape index (κ3) is 3.89. The van der Waals surface area contributed by atoms with Crippen LogP contribution in [-0.4, -0.2) is 30.4 Å². The van der Waals surface area contributed by atoms with Crippen molar-refractivity contribution < 1.29 is 17.5 Å². The zero-order chi connectivity index (χ0) is 21.5. The van der Waals surface area contributed by atoms with Crippen LogP contribution in [0.5, 0.6) is 0 Å². The number of aryl methyl sites for hydroxylation is 3. The van der Waals surface area contributed by atoms with Crippen LogP contribution in [0.15, 0.2) is 53.4 Å². The van der Waals surface area contributed by atoms with Crippen LogP contribution in [0.4, 0.5) is 11.4 Å². The molecule has 0 saturated heterocycles. The molecule has 1 aliphatic rings. The van der Waals surface area contributed by atoms with E-state index in [1.165, 1.54) is 16.5 Å². The molecule has 1 heterocycles. The zero-order valence-corrected chi connectivity index (χ0v) is 18.0. The number of rotatable bonds is 1. The molecule has 0 aromatic heterocycles. The maximum absolute atomic E-state index is 10.8. The first-order valence-corrected chi connectivity index (χ1v) is 10.6. The van der Waals surface area contributed by atoms with E-state index in [9.17, 15) is 13.0 Å². The van der Waals surface area contributed by atoms with Crippen molar-refractivity contribution in [2.24, 2.45) is 5.84 Å². The molecule has 0 aliphatic carbocycles. The van der Waals surface area contributed by atoms with Gasteiger partial charge in [0.25, 0.3) is 5.84 Å². The highest BCUT2D eigenvalue weighted by atomic mass is 32.2. The maximum atomic E-state index is 10.8.